The van der Waals surface area contributed by atoms with E-state index in [9.17, 15) is 4.79 Å². The van der Waals surface area contributed by atoms with Crippen LogP contribution in [0.2, 0.25) is 0 Å². The Morgan fingerprint density at radius 2 is 2.10 bits per heavy atom. The van der Waals surface area contributed by atoms with Crippen molar-refractivity contribution in [2.45, 2.75) is 13.3 Å². The van der Waals surface area contributed by atoms with Crippen LogP contribution < -0.4 is 16.4 Å². The van der Waals surface area contributed by atoms with E-state index in [-0.39, 0.29) is 5.69 Å². The van der Waals surface area contributed by atoms with E-state index in [2.05, 4.69) is 26.9 Å². The average molecular weight is 292 g/mol. The molecule has 1 unspecified atom stereocenters. The molecule has 4 N–H and O–H groups in total. The first-order valence-corrected chi connectivity index (χ1v) is 7.41. The Bertz CT molecular complexity index is 463. The summed E-state index contributed by atoms with van der Waals surface area (Å²) >= 11 is 0. The summed E-state index contributed by atoms with van der Waals surface area (Å²) in [6, 6.07) is 3.44. The minimum Gasteiger partial charge on any atom is -0.364 e. The second kappa shape index (κ2) is 7.33. The summed E-state index contributed by atoms with van der Waals surface area (Å²) in [5.41, 5.74) is 11.1. The van der Waals surface area contributed by atoms with E-state index in [1.807, 2.05) is 6.07 Å². The molecule has 0 bridgehead atoms. The van der Waals surface area contributed by atoms with Crippen molar-refractivity contribution in [1.82, 2.24) is 15.1 Å². The van der Waals surface area contributed by atoms with Crippen LogP contribution in [0.15, 0.2) is 12.1 Å². The van der Waals surface area contributed by atoms with Crippen molar-refractivity contribution in [3.05, 3.63) is 17.8 Å². The third-order valence-corrected chi connectivity index (χ3v) is 3.79. The van der Waals surface area contributed by atoms with Gasteiger partial charge in [0.2, 0.25) is 0 Å². The van der Waals surface area contributed by atoms with Gasteiger partial charge in [-0.3, -0.25) is 4.79 Å². The summed E-state index contributed by atoms with van der Waals surface area (Å²) < 4.78 is 0. The van der Waals surface area contributed by atoms with Gasteiger partial charge in [0.15, 0.2) is 11.5 Å². The number of hydrogen-bond acceptors (Lipinski definition) is 6. The molecule has 1 fully saturated rings. The lowest BCUT2D eigenvalue weighted by atomic mass is 10.1. The molecular weight excluding hydrogens is 268 g/mol. The Balaban J connectivity index is 1.94. The Hall–Kier alpha value is -1.73. The standard InChI is InChI=1S/C14H24N6O/c1-11(9-15)10-19-5-2-6-20(8-7-19)13-4-3-12(14(16)21)17-18-13/h3-4,11H,2,5-10,15H2,1H3,(H2,16,21). The zero-order chi connectivity index (χ0) is 15.2. The summed E-state index contributed by atoms with van der Waals surface area (Å²) in [4.78, 5) is 15.7. The number of amides is 1. The van der Waals surface area contributed by atoms with Crippen LogP contribution in [0.3, 0.4) is 0 Å². The molecule has 116 valence electrons. The fraction of sp³-hybridized carbons (Fsp3) is 0.643. The number of rotatable bonds is 5. The molecule has 21 heavy (non-hydrogen) atoms. The number of aromatic nitrogens is 2. The molecule has 0 aromatic carbocycles. The summed E-state index contributed by atoms with van der Waals surface area (Å²) in [5, 5.41) is 7.97. The first kappa shape index (κ1) is 15.7. The molecule has 1 aliphatic rings. The molecule has 0 aliphatic carbocycles. The van der Waals surface area contributed by atoms with Gasteiger partial charge in [0, 0.05) is 26.2 Å². The maximum absolute atomic E-state index is 11.0. The lowest BCUT2D eigenvalue weighted by Crippen LogP contribution is -2.35. The van der Waals surface area contributed by atoms with Gasteiger partial charge < -0.3 is 21.3 Å². The maximum Gasteiger partial charge on any atom is 0.269 e. The van der Waals surface area contributed by atoms with E-state index in [1.54, 1.807) is 6.07 Å². The fourth-order valence-electron chi connectivity index (χ4n) is 2.52. The highest BCUT2D eigenvalue weighted by molar-refractivity contribution is 5.90. The van der Waals surface area contributed by atoms with Gasteiger partial charge in [-0.2, -0.15) is 0 Å². The van der Waals surface area contributed by atoms with Crippen LogP contribution in [0.4, 0.5) is 5.82 Å². The van der Waals surface area contributed by atoms with E-state index in [4.69, 9.17) is 11.5 Å². The van der Waals surface area contributed by atoms with Gasteiger partial charge in [0.25, 0.3) is 5.91 Å². The minimum atomic E-state index is -0.549. The monoisotopic (exact) mass is 292 g/mol. The Morgan fingerprint density at radius 3 is 2.71 bits per heavy atom. The zero-order valence-electron chi connectivity index (χ0n) is 12.5. The van der Waals surface area contributed by atoms with Crippen LogP contribution >= 0.6 is 0 Å². The molecule has 1 aromatic rings. The lowest BCUT2D eigenvalue weighted by molar-refractivity contribution is 0.0994. The van der Waals surface area contributed by atoms with Crippen LogP contribution in [0.1, 0.15) is 23.8 Å². The van der Waals surface area contributed by atoms with Gasteiger partial charge in [-0.05, 0) is 37.6 Å². The van der Waals surface area contributed by atoms with Crippen molar-refractivity contribution in [2.24, 2.45) is 17.4 Å². The van der Waals surface area contributed by atoms with Gasteiger partial charge >= 0.3 is 0 Å². The molecule has 1 aliphatic heterocycles. The number of anilines is 1. The van der Waals surface area contributed by atoms with Gasteiger partial charge in [-0.25, -0.2) is 0 Å². The molecule has 1 atom stereocenters. The molecule has 0 saturated carbocycles. The van der Waals surface area contributed by atoms with Crippen molar-refractivity contribution in [2.75, 3.05) is 44.2 Å². The Morgan fingerprint density at radius 1 is 1.29 bits per heavy atom. The van der Waals surface area contributed by atoms with Crippen molar-refractivity contribution in [1.29, 1.82) is 0 Å². The highest BCUT2D eigenvalue weighted by Gasteiger charge is 2.17. The molecule has 2 heterocycles. The molecule has 0 radical (unpaired) electrons. The van der Waals surface area contributed by atoms with Crippen molar-refractivity contribution in [3.8, 4) is 0 Å². The van der Waals surface area contributed by atoms with E-state index in [0.29, 0.717) is 5.92 Å². The zero-order valence-corrected chi connectivity index (χ0v) is 12.5. The van der Waals surface area contributed by atoms with E-state index >= 15 is 0 Å². The number of primary amides is 1. The highest BCUT2D eigenvalue weighted by Crippen LogP contribution is 2.13. The van der Waals surface area contributed by atoms with E-state index < -0.39 is 5.91 Å². The summed E-state index contributed by atoms with van der Waals surface area (Å²) in [6.45, 7) is 7.85. The second-order valence-corrected chi connectivity index (χ2v) is 5.62. The third-order valence-electron chi connectivity index (χ3n) is 3.79. The number of nitrogens with two attached hydrogens (primary N) is 2. The summed E-state index contributed by atoms with van der Waals surface area (Å²) in [5.74, 6) is 0.770. The number of hydrogen-bond donors (Lipinski definition) is 2. The van der Waals surface area contributed by atoms with Crippen LogP contribution in [0, 0.1) is 5.92 Å². The fourth-order valence-corrected chi connectivity index (χ4v) is 2.52. The van der Waals surface area contributed by atoms with Crippen molar-refractivity contribution in [3.63, 3.8) is 0 Å². The van der Waals surface area contributed by atoms with Crippen LogP contribution in [0.5, 0.6) is 0 Å². The van der Waals surface area contributed by atoms with E-state index in [1.165, 1.54) is 0 Å². The SMILES string of the molecule is CC(CN)CN1CCCN(c2ccc(C(N)=O)nn2)CC1. The number of carbonyl (C=O) groups is 1. The molecule has 1 amide bonds. The topological polar surface area (TPSA) is 101 Å². The van der Waals surface area contributed by atoms with Crippen LogP contribution in [0.25, 0.3) is 0 Å². The van der Waals surface area contributed by atoms with Crippen LogP contribution in [-0.4, -0.2) is 60.3 Å². The second-order valence-electron chi connectivity index (χ2n) is 5.62. The maximum atomic E-state index is 11.0. The van der Waals surface area contributed by atoms with Gasteiger partial charge in [-0.15, -0.1) is 10.2 Å². The predicted molar refractivity (Wildman–Crippen MR) is 82.0 cm³/mol. The number of nitrogens with zero attached hydrogens (tertiary/aromatic N) is 4. The average Bonchev–Trinajstić information content (AvgIpc) is 2.73. The Kier molecular flexibility index (Phi) is 5.46. The predicted octanol–water partition coefficient (Wildman–Crippen LogP) is -0.318. The summed E-state index contributed by atoms with van der Waals surface area (Å²) in [7, 11) is 0. The largest absolute Gasteiger partial charge is 0.364 e. The van der Waals surface area contributed by atoms with Gasteiger partial charge in [0.05, 0.1) is 0 Å². The Labute approximate surface area is 125 Å². The first-order chi connectivity index (χ1) is 10.1. The first-order valence-electron chi connectivity index (χ1n) is 7.41. The molecule has 7 nitrogen and oxygen atoms in total. The minimum absolute atomic E-state index is 0.201. The smallest absolute Gasteiger partial charge is 0.269 e. The molecule has 1 saturated heterocycles. The molecule has 7 heteroatoms. The molecular formula is C14H24N6O. The lowest BCUT2D eigenvalue weighted by Gasteiger charge is -2.24. The van der Waals surface area contributed by atoms with Crippen LogP contribution in [-0.2, 0) is 0 Å². The number of carbonyl (C=O) groups excluding carboxylic acids is 1. The highest BCUT2D eigenvalue weighted by atomic mass is 16.1. The van der Waals surface area contributed by atoms with Gasteiger partial charge in [0.1, 0.15) is 0 Å². The molecule has 1 aromatic heterocycles. The normalized spacial score (nSPS) is 18.3. The van der Waals surface area contributed by atoms with Crippen molar-refractivity contribution >= 4 is 11.7 Å². The summed E-state index contributed by atoms with van der Waals surface area (Å²) in [6.07, 6.45) is 1.08. The van der Waals surface area contributed by atoms with Crippen molar-refractivity contribution < 1.29 is 4.79 Å². The quantitative estimate of drug-likeness (QED) is 0.771. The molecule has 2 rings (SSSR count). The van der Waals surface area contributed by atoms with E-state index in [0.717, 1.165) is 51.5 Å². The third kappa shape index (κ3) is 4.37. The van der Waals surface area contributed by atoms with Gasteiger partial charge in [-0.1, -0.05) is 6.92 Å². The molecule has 0 spiro atoms.